The SMILES string of the molecule is COc1cc(OC)nc(NC(=O)NS(=O)(=O)c2ncccc2C(=O)N(C)C)n1.Nc1c([N+](=O)[O-])ccc(Oc2ccccc2)c1Cl.O=C(Nc1nc(OC(F)F)cc(OC(F)F)n1)NS(=O)(=O)c1ccccc1C(=O)O.O=C(O)CNCP(=O)(O)O. The number of urea groups is 2. The molecular weight excluding hydrogens is 1250 g/mol. The molecule has 34 nitrogen and oxygen atoms in total. The molecule has 464 valence electrons. The van der Waals surface area contributed by atoms with Gasteiger partial charge in [0, 0.05) is 26.4 Å². The van der Waals surface area contributed by atoms with E-state index in [1.807, 2.05) is 6.07 Å². The average Bonchev–Trinajstić information content (AvgIpc) is 2.08. The van der Waals surface area contributed by atoms with E-state index in [-0.39, 0.29) is 45.4 Å². The third-order valence-corrected chi connectivity index (χ3v) is 12.8. The van der Waals surface area contributed by atoms with E-state index in [2.05, 4.69) is 45.0 Å². The summed E-state index contributed by atoms with van der Waals surface area (Å²) in [5, 5.41) is 33.1. The Morgan fingerprint density at radius 2 is 1.23 bits per heavy atom. The van der Waals surface area contributed by atoms with Gasteiger partial charge in [0.2, 0.25) is 35.4 Å². The van der Waals surface area contributed by atoms with Gasteiger partial charge in [0.1, 0.15) is 27.1 Å². The molecule has 3 aromatic heterocycles. The molecule has 3 aromatic carbocycles. The van der Waals surface area contributed by atoms with E-state index in [9.17, 15) is 73.0 Å². The van der Waals surface area contributed by atoms with Crippen LogP contribution >= 0.6 is 19.2 Å². The predicted octanol–water partition coefficient (Wildman–Crippen LogP) is 4.41. The van der Waals surface area contributed by atoms with Gasteiger partial charge in [-0.25, -0.2) is 37.2 Å². The number of aliphatic carboxylic acids is 1. The summed E-state index contributed by atoms with van der Waals surface area (Å²) in [6.45, 7) is -7.26. The minimum atomic E-state index is -4.71. The summed E-state index contributed by atoms with van der Waals surface area (Å²) in [4.78, 5) is 102. The van der Waals surface area contributed by atoms with Crippen LogP contribution in [-0.2, 0) is 29.4 Å². The number of nitro groups is 1. The summed E-state index contributed by atoms with van der Waals surface area (Å²) in [5.41, 5.74) is 4.41. The van der Waals surface area contributed by atoms with Gasteiger partial charge in [0.05, 0.1) is 55.2 Å². The first-order chi connectivity index (χ1) is 40.2. The van der Waals surface area contributed by atoms with E-state index in [1.54, 1.807) is 34.3 Å². The van der Waals surface area contributed by atoms with E-state index >= 15 is 0 Å². The average molecular weight is 1300 g/mol. The molecule has 42 heteroatoms. The van der Waals surface area contributed by atoms with Gasteiger partial charge in [-0.1, -0.05) is 41.9 Å². The Kier molecular flexibility index (Phi) is 26.4. The van der Waals surface area contributed by atoms with Crippen molar-refractivity contribution in [2.24, 2.45) is 0 Å². The second-order valence-electron chi connectivity index (χ2n) is 15.5. The largest absolute Gasteiger partial charge is 0.481 e. The number of alkyl halides is 4. The van der Waals surface area contributed by atoms with Gasteiger partial charge < -0.3 is 54.3 Å². The molecule has 0 spiro atoms. The van der Waals surface area contributed by atoms with Crippen molar-refractivity contribution in [2.75, 3.05) is 57.5 Å². The van der Waals surface area contributed by atoms with Crippen molar-refractivity contribution in [1.29, 1.82) is 0 Å². The van der Waals surface area contributed by atoms with Crippen molar-refractivity contribution >= 4 is 92.4 Å². The number of methoxy groups -OCH3 is 2. The molecule has 0 aliphatic rings. The quantitative estimate of drug-likeness (QED) is 0.0157. The van der Waals surface area contributed by atoms with Crippen LogP contribution in [-0.4, -0.2) is 156 Å². The van der Waals surface area contributed by atoms with Crippen molar-refractivity contribution in [3.63, 3.8) is 0 Å². The van der Waals surface area contributed by atoms with Crippen LogP contribution in [0.5, 0.6) is 35.0 Å². The summed E-state index contributed by atoms with van der Waals surface area (Å²) in [6.07, 6.45) is 0.592. The summed E-state index contributed by atoms with van der Waals surface area (Å²) < 4.78 is 135. The Morgan fingerprint density at radius 1 is 0.744 bits per heavy atom. The second-order valence-corrected chi connectivity index (χ2v) is 20.8. The number of anilines is 3. The number of nitrogen functional groups attached to an aromatic ring is 1. The molecule has 0 atom stereocenters. The fraction of sp³-hybridized carbons (Fsp3) is 0.182. The molecule has 0 bridgehead atoms. The topological polar surface area (TPSA) is 495 Å². The molecule has 5 amide bonds. The minimum absolute atomic E-state index is 0.0352. The van der Waals surface area contributed by atoms with Crippen LogP contribution in [0.2, 0.25) is 5.02 Å². The van der Waals surface area contributed by atoms with Crippen molar-refractivity contribution < 1.29 is 112 Å². The summed E-state index contributed by atoms with van der Waals surface area (Å²) in [7, 11) is -7.66. The van der Waals surface area contributed by atoms with Crippen molar-refractivity contribution in [2.45, 2.75) is 23.1 Å². The van der Waals surface area contributed by atoms with Gasteiger partial charge in [-0.2, -0.15) is 45.9 Å². The highest BCUT2D eigenvalue weighted by molar-refractivity contribution is 7.90. The van der Waals surface area contributed by atoms with E-state index in [0.29, 0.717) is 11.8 Å². The lowest BCUT2D eigenvalue weighted by molar-refractivity contribution is -0.383. The summed E-state index contributed by atoms with van der Waals surface area (Å²) in [6, 6.07) is 17.8. The molecule has 0 saturated heterocycles. The van der Waals surface area contributed by atoms with E-state index in [1.165, 1.54) is 86.6 Å². The Balaban J connectivity index is 0.000000319. The van der Waals surface area contributed by atoms with Crippen LogP contribution in [0, 0.1) is 10.1 Å². The normalized spacial score (nSPS) is 10.8. The number of carbonyl (C=O) groups is 5. The number of hydrogen-bond donors (Lipinski definition) is 10. The van der Waals surface area contributed by atoms with E-state index < -0.39 is 122 Å². The number of halogens is 5. The number of carboxylic acid groups (broad SMARTS) is 2. The summed E-state index contributed by atoms with van der Waals surface area (Å²) in [5.74, 6) is -5.40. The maximum Gasteiger partial charge on any atom is 0.388 e. The summed E-state index contributed by atoms with van der Waals surface area (Å²) >= 11 is 5.94. The first-order valence-electron chi connectivity index (χ1n) is 22.5. The van der Waals surface area contributed by atoms with Crippen molar-refractivity contribution in [1.82, 2.24) is 44.6 Å². The number of hydrogen-bond acceptors (Lipinski definition) is 24. The number of amides is 5. The van der Waals surface area contributed by atoms with Gasteiger partial charge in [-0.05, 0) is 42.5 Å². The van der Waals surface area contributed by atoms with Gasteiger partial charge in [-0.15, -0.1) is 0 Å². The monoisotopic (exact) mass is 1300 g/mol. The first kappa shape index (κ1) is 70.4. The molecule has 0 radical (unpaired) electrons. The maximum absolute atomic E-state index is 12.5. The zero-order valence-corrected chi connectivity index (χ0v) is 47.2. The number of nitro benzene ring substituents is 1. The highest BCUT2D eigenvalue weighted by Crippen LogP contribution is 2.39. The molecule has 3 heterocycles. The molecule has 0 saturated carbocycles. The van der Waals surface area contributed by atoms with Gasteiger partial charge >= 0.3 is 44.8 Å². The lowest BCUT2D eigenvalue weighted by Crippen LogP contribution is -2.36. The van der Waals surface area contributed by atoms with Crippen LogP contribution in [0.1, 0.15) is 20.7 Å². The van der Waals surface area contributed by atoms with Crippen LogP contribution in [0.4, 0.5) is 50.4 Å². The Morgan fingerprint density at radius 3 is 1.71 bits per heavy atom. The molecule has 6 rings (SSSR count). The number of sulfonamides is 2. The number of pyridine rings is 1. The Labute approximate surface area is 486 Å². The number of benzene rings is 3. The molecule has 0 aliphatic carbocycles. The number of nitrogens with one attached hydrogen (secondary N) is 5. The molecule has 6 aromatic rings. The fourth-order valence-electron chi connectivity index (χ4n) is 5.64. The van der Waals surface area contributed by atoms with Crippen molar-refractivity contribution in [3.8, 4) is 35.0 Å². The number of carbonyl (C=O) groups excluding carboxylic acids is 3. The molecule has 11 N–H and O–H groups in total. The number of para-hydroxylation sites is 1. The van der Waals surface area contributed by atoms with Crippen LogP contribution in [0.15, 0.2) is 107 Å². The number of aromatic nitrogens is 5. The smallest absolute Gasteiger partial charge is 0.388 e. The van der Waals surface area contributed by atoms with Crippen molar-refractivity contribution in [3.05, 3.63) is 123 Å². The number of rotatable bonds is 21. The van der Waals surface area contributed by atoms with E-state index in [4.69, 9.17) is 51.5 Å². The third-order valence-electron chi connectivity index (χ3n) is 9.05. The zero-order chi connectivity index (χ0) is 64.7. The lowest BCUT2D eigenvalue weighted by atomic mass is 10.2. The molecule has 0 fully saturated rings. The number of carboxylic acids is 2. The number of nitrogens with zero attached hydrogens (tertiary/aromatic N) is 7. The minimum Gasteiger partial charge on any atom is -0.481 e. The first-order valence-corrected chi connectivity index (χ1v) is 27.7. The Hall–Kier alpha value is -9.86. The second kappa shape index (κ2) is 32.3. The highest BCUT2D eigenvalue weighted by atomic mass is 35.5. The zero-order valence-electron chi connectivity index (χ0n) is 43.9. The number of nitrogens with two attached hydrogens (primary N) is 1. The molecular formula is C44H45ClF4N13O21PS2. The maximum atomic E-state index is 12.5. The molecule has 0 unspecified atom stereocenters. The fourth-order valence-corrected chi connectivity index (χ4v) is 8.39. The highest BCUT2D eigenvalue weighted by Gasteiger charge is 2.28. The predicted molar refractivity (Wildman–Crippen MR) is 286 cm³/mol. The van der Waals surface area contributed by atoms with Gasteiger partial charge in [0.15, 0.2) is 5.03 Å². The van der Waals surface area contributed by atoms with Gasteiger partial charge in [-0.3, -0.25) is 40.2 Å². The third kappa shape index (κ3) is 23.4. The van der Waals surface area contributed by atoms with Crippen LogP contribution in [0.3, 0.4) is 0 Å². The Bertz CT molecular complexity index is 3630. The molecule has 86 heavy (non-hydrogen) atoms. The number of ether oxygens (including phenoxy) is 5. The number of aromatic carboxylic acids is 1. The van der Waals surface area contributed by atoms with E-state index in [0.717, 1.165) is 12.1 Å². The standard InChI is InChI=1S/C15H18N6O6S.C14H10F4N4O7S.C12H9ClN2O3.C3H8NO5P/c1-21(2)13(22)9-6-5-7-16-12(9)28(24,25)20-15(23)19-14-17-10(26-3)8-11(18-14)27-4;15-11(16)28-8-5-9(29-12(17)18)20-13(19-8)21-14(25)22-30(26,27)7-4-2-1-3-6(7)10(23)24;13-11-10(18-8-4-2-1-3-5-8)7-6-9(12(11)14)15(16)17;5-3(6)1-4-2-10(7,8)9/h5-8H,1-4H3,(H2,17,18,19,20,23);1-5,11-12H,(H,23,24)(H2,19,20,21,22,25);1-7H,14H2;4H,1-2H2,(H,5,6)(H2,7,8,9). The van der Waals surface area contributed by atoms with Gasteiger partial charge in [0.25, 0.3) is 31.6 Å². The van der Waals surface area contributed by atoms with Crippen LogP contribution in [0.25, 0.3) is 0 Å². The van der Waals surface area contributed by atoms with Crippen LogP contribution < -0.4 is 54.8 Å². The lowest BCUT2D eigenvalue weighted by Gasteiger charge is -2.14. The molecule has 0 aliphatic heterocycles.